The maximum atomic E-state index is 13.1. The Kier molecular flexibility index (Phi) is 3.59. The number of hydrogen-bond donors (Lipinski definition) is 1. The molecule has 0 fully saturated rings. The fourth-order valence-electron chi connectivity index (χ4n) is 1.07. The Morgan fingerprint density at radius 2 is 1.93 bits per heavy atom. The van der Waals surface area contributed by atoms with Gasteiger partial charge < -0.3 is 10.5 Å². The summed E-state index contributed by atoms with van der Waals surface area (Å²) in [5.41, 5.74) is 5.63. The number of rotatable bonds is 3. The monoisotopic (exact) mass is 199 g/mol. The van der Waals surface area contributed by atoms with E-state index in [4.69, 9.17) is 5.73 Å². The van der Waals surface area contributed by atoms with Crippen LogP contribution in [0.15, 0.2) is 18.2 Å². The number of hydrogen-bond acceptors (Lipinski definition) is 2. The van der Waals surface area contributed by atoms with Crippen LogP contribution < -0.4 is 10.5 Å². The quantitative estimate of drug-likeness (QED) is 0.807. The van der Waals surface area contributed by atoms with Crippen molar-refractivity contribution in [3.8, 4) is 5.75 Å². The lowest BCUT2D eigenvalue weighted by molar-refractivity contribution is 0.360. The lowest BCUT2D eigenvalue weighted by Gasteiger charge is -2.04. The molecule has 76 valence electrons. The average molecular weight is 199 g/mol. The van der Waals surface area contributed by atoms with Gasteiger partial charge in [0.15, 0.2) is 17.4 Å². The molecule has 0 atom stereocenters. The highest BCUT2D eigenvalue weighted by atomic mass is 19.1. The Morgan fingerprint density at radius 3 is 2.36 bits per heavy atom. The van der Waals surface area contributed by atoms with Gasteiger partial charge in [-0.05, 0) is 17.7 Å². The summed E-state index contributed by atoms with van der Waals surface area (Å²) >= 11 is 0. The Hall–Kier alpha value is -1.42. The molecule has 0 radical (unpaired) electrons. The molecule has 2 N–H and O–H groups in total. The fourth-order valence-corrected chi connectivity index (χ4v) is 1.07. The third-order valence-electron chi connectivity index (χ3n) is 1.67. The second-order valence-corrected chi connectivity index (χ2v) is 2.66. The maximum Gasteiger partial charge on any atom is 0.190 e. The third kappa shape index (κ3) is 2.29. The van der Waals surface area contributed by atoms with Gasteiger partial charge in [0, 0.05) is 6.54 Å². The summed E-state index contributed by atoms with van der Waals surface area (Å²) in [4.78, 5) is 0. The van der Waals surface area contributed by atoms with Crippen molar-refractivity contribution in [3.63, 3.8) is 0 Å². The molecule has 0 amide bonds. The number of methoxy groups -OCH3 is 1. The van der Waals surface area contributed by atoms with E-state index in [-0.39, 0.29) is 5.75 Å². The molecule has 0 saturated heterocycles. The molecule has 14 heavy (non-hydrogen) atoms. The maximum absolute atomic E-state index is 13.1. The highest BCUT2D eigenvalue weighted by molar-refractivity contribution is 5.51. The van der Waals surface area contributed by atoms with Crippen molar-refractivity contribution in [3.05, 3.63) is 35.4 Å². The highest BCUT2D eigenvalue weighted by Crippen LogP contribution is 2.23. The van der Waals surface area contributed by atoms with Crippen molar-refractivity contribution >= 4 is 6.08 Å². The molecule has 0 spiro atoms. The lowest BCUT2D eigenvalue weighted by atomic mass is 10.2. The summed E-state index contributed by atoms with van der Waals surface area (Å²) in [6, 6.07) is 2.38. The van der Waals surface area contributed by atoms with Gasteiger partial charge in [-0.2, -0.15) is 0 Å². The van der Waals surface area contributed by atoms with Crippen LogP contribution in [0.5, 0.6) is 5.75 Å². The van der Waals surface area contributed by atoms with E-state index >= 15 is 0 Å². The van der Waals surface area contributed by atoms with E-state index in [1.165, 1.54) is 19.2 Å². The number of ether oxygens (including phenoxy) is 1. The molecule has 0 bridgehead atoms. The molecule has 0 aliphatic rings. The molecule has 0 aliphatic carbocycles. The third-order valence-corrected chi connectivity index (χ3v) is 1.67. The summed E-state index contributed by atoms with van der Waals surface area (Å²) in [7, 11) is 1.22. The van der Waals surface area contributed by atoms with Crippen molar-refractivity contribution in [2.45, 2.75) is 0 Å². The van der Waals surface area contributed by atoms with Crippen molar-refractivity contribution < 1.29 is 13.5 Å². The van der Waals surface area contributed by atoms with Crippen LogP contribution in [0.3, 0.4) is 0 Å². The zero-order valence-electron chi connectivity index (χ0n) is 7.76. The molecule has 2 nitrogen and oxygen atoms in total. The van der Waals surface area contributed by atoms with Crippen LogP contribution in [0.25, 0.3) is 6.08 Å². The van der Waals surface area contributed by atoms with Crippen LogP contribution in [0, 0.1) is 11.6 Å². The largest absolute Gasteiger partial charge is 0.491 e. The van der Waals surface area contributed by atoms with E-state index in [0.29, 0.717) is 12.1 Å². The molecule has 0 unspecified atom stereocenters. The van der Waals surface area contributed by atoms with Crippen LogP contribution in [0.1, 0.15) is 5.56 Å². The van der Waals surface area contributed by atoms with Crippen molar-refractivity contribution in [1.82, 2.24) is 0 Å². The van der Waals surface area contributed by atoms with E-state index < -0.39 is 11.6 Å². The van der Waals surface area contributed by atoms with Crippen molar-refractivity contribution in [2.24, 2.45) is 5.73 Å². The lowest BCUT2D eigenvalue weighted by Crippen LogP contribution is -1.94. The first-order valence-corrected chi connectivity index (χ1v) is 4.08. The van der Waals surface area contributed by atoms with Gasteiger partial charge in [0.05, 0.1) is 7.11 Å². The molecular formula is C10H11F2NO. The molecule has 1 aromatic carbocycles. The van der Waals surface area contributed by atoms with E-state index in [2.05, 4.69) is 4.74 Å². The van der Waals surface area contributed by atoms with Gasteiger partial charge in [0.25, 0.3) is 0 Å². The predicted molar refractivity (Wildman–Crippen MR) is 51.0 cm³/mol. The summed E-state index contributed by atoms with van der Waals surface area (Å²) in [5.74, 6) is -1.80. The molecule has 0 aliphatic heterocycles. The molecule has 4 heteroatoms. The molecule has 1 aromatic rings. The van der Waals surface area contributed by atoms with Crippen molar-refractivity contribution in [2.75, 3.05) is 13.7 Å². The van der Waals surface area contributed by atoms with Gasteiger partial charge >= 0.3 is 0 Å². The number of halogens is 2. The number of benzene rings is 1. The predicted octanol–water partition coefficient (Wildman–Crippen LogP) is 1.95. The second kappa shape index (κ2) is 4.72. The summed E-state index contributed by atoms with van der Waals surface area (Å²) < 4.78 is 30.8. The van der Waals surface area contributed by atoms with Gasteiger partial charge in [0.1, 0.15) is 0 Å². The summed E-state index contributed by atoms with van der Waals surface area (Å²) in [5, 5.41) is 0. The minimum atomic E-state index is -0.718. The van der Waals surface area contributed by atoms with Gasteiger partial charge in [0.2, 0.25) is 0 Å². The molecule has 0 aromatic heterocycles. The average Bonchev–Trinajstić information content (AvgIpc) is 2.14. The van der Waals surface area contributed by atoms with Crippen LogP contribution in [0.2, 0.25) is 0 Å². The van der Waals surface area contributed by atoms with Gasteiger partial charge in [-0.1, -0.05) is 12.2 Å². The first kappa shape index (κ1) is 10.7. The Morgan fingerprint density at radius 1 is 1.36 bits per heavy atom. The van der Waals surface area contributed by atoms with Gasteiger partial charge in [-0.15, -0.1) is 0 Å². The molecule has 1 rings (SSSR count). The first-order valence-electron chi connectivity index (χ1n) is 4.08. The Bertz CT molecular complexity index is 327. The van der Waals surface area contributed by atoms with E-state index in [0.717, 1.165) is 0 Å². The van der Waals surface area contributed by atoms with E-state index in [1.807, 2.05) is 0 Å². The molecule has 0 heterocycles. The van der Waals surface area contributed by atoms with Crippen molar-refractivity contribution in [1.29, 1.82) is 0 Å². The summed E-state index contributed by atoms with van der Waals surface area (Å²) in [6.45, 7) is 0.329. The van der Waals surface area contributed by atoms with Crippen LogP contribution in [-0.2, 0) is 0 Å². The van der Waals surface area contributed by atoms with Crippen LogP contribution >= 0.6 is 0 Å². The zero-order valence-corrected chi connectivity index (χ0v) is 7.76. The van der Waals surface area contributed by atoms with Gasteiger partial charge in [-0.25, -0.2) is 8.78 Å². The Balaban J connectivity index is 3.07. The SMILES string of the molecule is COc1c(F)cc(/C=C/CN)cc1F. The van der Waals surface area contributed by atoms with E-state index in [1.54, 1.807) is 12.2 Å². The van der Waals surface area contributed by atoms with Gasteiger partial charge in [-0.3, -0.25) is 0 Å². The minimum absolute atomic E-state index is 0.329. The summed E-state index contributed by atoms with van der Waals surface area (Å²) in [6.07, 6.45) is 3.16. The van der Waals surface area contributed by atoms with E-state index in [9.17, 15) is 8.78 Å². The molecule has 0 saturated carbocycles. The zero-order chi connectivity index (χ0) is 10.6. The first-order chi connectivity index (χ1) is 6.69. The smallest absolute Gasteiger partial charge is 0.190 e. The Labute approximate surface area is 81.0 Å². The highest BCUT2D eigenvalue weighted by Gasteiger charge is 2.09. The molecular weight excluding hydrogens is 188 g/mol. The fraction of sp³-hybridized carbons (Fsp3) is 0.200. The number of nitrogens with two attached hydrogens (primary N) is 1. The second-order valence-electron chi connectivity index (χ2n) is 2.66. The van der Waals surface area contributed by atoms with Crippen LogP contribution in [0.4, 0.5) is 8.78 Å². The van der Waals surface area contributed by atoms with Crippen LogP contribution in [-0.4, -0.2) is 13.7 Å². The minimum Gasteiger partial charge on any atom is -0.491 e. The topological polar surface area (TPSA) is 35.2 Å². The normalized spacial score (nSPS) is 10.9. The standard InChI is InChI=1S/C10H11F2NO/c1-14-10-8(11)5-7(3-2-4-13)6-9(10)12/h2-3,5-6H,4,13H2,1H3/b3-2+.